The average Bonchev–Trinajstić information content (AvgIpc) is 3.09. The van der Waals surface area contributed by atoms with E-state index in [1.54, 1.807) is 0 Å². The topological polar surface area (TPSA) is 159 Å². The van der Waals surface area contributed by atoms with Gasteiger partial charge in [-0.25, -0.2) is 0 Å². The molecular formula is C38H52N4O8. The van der Waals surface area contributed by atoms with Gasteiger partial charge in [0, 0.05) is 36.9 Å². The summed E-state index contributed by atoms with van der Waals surface area (Å²) in [6.07, 6.45) is 3.19. The van der Waals surface area contributed by atoms with Crippen LogP contribution >= 0.6 is 0 Å². The fourth-order valence-corrected chi connectivity index (χ4v) is 5.14. The summed E-state index contributed by atoms with van der Waals surface area (Å²) in [4.78, 5) is 50.5. The van der Waals surface area contributed by atoms with Crippen LogP contribution in [0.3, 0.4) is 0 Å². The molecule has 1 aliphatic rings. The van der Waals surface area contributed by atoms with E-state index in [-0.39, 0.29) is 43.1 Å². The number of fused-ring (bicyclic) bond motifs is 2. The van der Waals surface area contributed by atoms with E-state index in [2.05, 4.69) is 22.5 Å². The highest BCUT2D eigenvalue weighted by Crippen LogP contribution is 2.26. The lowest BCUT2D eigenvalue weighted by Crippen LogP contribution is -2.47. The number of nitrogens with two attached hydrogens (primary N) is 1. The molecule has 272 valence electrons. The number of primary amides is 1. The van der Waals surface area contributed by atoms with E-state index in [0.717, 1.165) is 41.6 Å². The lowest BCUT2D eigenvalue weighted by atomic mass is 10.0. The van der Waals surface area contributed by atoms with Crippen molar-refractivity contribution in [2.24, 2.45) is 11.7 Å². The number of amides is 4. The van der Waals surface area contributed by atoms with E-state index in [0.29, 0.717) is 65.8 Å². The summed E-state index contributed by atoms with van der Waals surface area (Å²) in [6.45, 7) is 7.45. The molecule has 1 aliphatic heterocycles. The van der Waals surface area contributed by atoms with Crippen molar-refractivity contribution in [3.8, 4) is 11.8 Å². The standard InChI is InChI=1S/C38H52N4O8/c1-29(2)37(38(39)46)41-35(44)18-21-48-23-25-50-27-26-49-24-22-47-20-17-34(43)40-19-9-3-4-14-36(45)42-28-32-12-6-5-10-30(32)15-16-31-11-7-8-13-33(31)42/h5-8,10-13,29,37H,3-4,9,14,17-28H2,1-2H3,(H2,39,46)(H,40,43)(H,41,44)/t37-/m0/s1. The lowest BCUT2D eigenvalue weighted by Gasteiger charge is -2.26. The predicted molar refractivity (Wildman–Crippen MR) is 190 cm³/mol. The number of anilines is 1. The van der Waals surface area contributed by atoms with Gasteiger partial charge < -0.3 is 40.2 Å². The van der Waals surface area contributed by atoms with E-state index in [1.165, 1.54) is 0 Å². The third-order valence-corrected chi connectivity index (χ3v) is 7.92. The molecule has 0 bridgehead atoms. The normalized spacial score (nSPS) is 12.5. The van der Waals surface area contributed by atoms with E-state index >= 15 is 0 Å². The van der Waals surface area contributed by atoms with E-state index in [1.807, 2.05) is 67.3 Å². The van der Waals surface area contributed by atoms with Crippen molar-refractivity contribution in [3.05, 3.63) is 65.2 Å². The first-order valence-electron chi connectivity index (χ1n) is 17.4. The van der Waals surface area contributed by atoms with Gasteiger partial charge in [0.2, 0.25) is 23.6 Å². The van der Waals surface area contributed by atoms with Crippen molar-refractivity contribution in [3.63, 3.8) is 0 Å². The Morgan fingerprint density at radius 3 is 1.92 bits per heavy atom. The number of rotatable bonds is 24. The molecule has 4 N–H and O–H groups in total. The van der Waals surface area contributed by atoms with Crippen molar-refractivity contribution in [1.29, 1.82) is 0 Å². The number of nitrogens with one attached hydrogen (secondary N) is 2. The fourth-order valence-electron chi connectivity index (χ4n) is 5.14. The minimum Gasteiger partial charge on any atom is -0.379 e. The van der Waals surface area contributed by atoms with Crippen molar-refractivity contribution in [2.45, 2.75) is 65.0 Å². The van der Waals surface area contributed by atoms with E-state index < -0.39 is 11.9 Å². The second-order valence-electron chi connectivity index (χ2n) is 12.2. The van der Waals surface area contributed by atoms with Gasteiger partial charge in [-0.3, -0.25) is 19.2 Å². The maximum Gasteiger partial charge on any atom is 0.240 e. The molecule has 0 radical (unpaired) electrons. The van der Waals surface area contributed by atoms with Gasteiger partial charge in [0.1, 0.15) is 6.04 Å². The van der Waals surface area contributed by atoms with Crippen LogP contribution in [-0.2, 0) is 44.7 Å². The molecule has 3 rings (SSSR count). The smallest absolute Gasteiger partial charge is 0.240 e. The molecule has 0 saturated heterocycles. The Bertz CT molecular complexity index is 1440. The number of para-hydroxylation sites is 1. The zero-order valence-electron chi connectivity index (χ0n) is 29.4. The van der Waals surface area contributed by atoms with Crippen LogP contribution in [0, 0.1) is 17.8 Å². The Morgan fingerprint density at radius 1 is 0.720 bits per heavy atom. The molecule has 0 spiro atoms. The van der Waals surface area contributed by atoms with Crippen LogP contribution in [-0.4, -0.2) is 89.1 Å². The molecule has 1 atom stereocenters. The maximum absolute atomic E-state index is 13.3. The summed E-state index contributed by atoms with van der Waals surface area (Å²) in [5.74, 6) is 5.54. The van der Waals surface area contributed by atoms with Gasteiger partial charge in [-0.15, -0.1) is 0 Å². The first-order chi connectivity index (χ1) is 24.3. The monoisotopic (exact) mass is 692 g/mol. The summed E-state index contributed by atoms with van der Waals surface area (Å²) in [6, 6.07) is 15.0. The summed E-state index contributed by atoms with van der Waals surface area (Å²) in [5.41, 5.74) is 8.96. The lowest BCUT2D eigenvalue weighted by molar-refractivity contribution is -0.129. The van der Waals surface area contributed by atoms with Crippen molar-refractivity contribution in [1.82, 2.24) is 10.6 Å². The van der Waals surface area contributed by atoms with Gasteiger partial charge in [-0.1, -0.05) is 62.4 Å². The molecule has 0 saturated carbocycles. The van der Waals surface area contributed by atoms with Gasteiger partial charge in [0.15, 0.2) is 0 Å². The zero-order chi connectivity index (χ0) is 36.0. The Hall–Kier alpha value is -4.28. The number of nitrogens with zero attached hydrogens (tertiary/aromatic N) is 1. The van der Waals surface area contributed by atoms with Gasteiger partial charge in [0.05, 0.1) is 65.1 Å². The second kappa shape index (κ2) is 23.2. The van der Waals surface area contributed by atoms with Gasteiger partial charge >= 0.3 is 0 Å². The number of hydrogen-bond acceptors (Lipinski definition) is 8. The molecule has 0 unspecified atom stereocenters. The molecule has 2 aromatic carbocycles. The highest BCUT2D eigenvalue weighted by atomic mass is 16.6. The average molecular weight is 693 g/mol. The minimum atomic E-state index is -0.690. The Kier molecular flexibility index (Phi) is 18.6. The molecule has 4 amide bonds. The Morgan fingerprint density at radius 2 is 1.28 bits per heavy atom. The van der Waals surface area contributed by atoms with Crippen LogP contribution in [0.4, 0.5) is 5.69 Å². The first-order valence-corrected chi connectivity index (χ1v) is 17.4. The van der Waals surface area contributed by atoms with Crippen LogP contribution in [0.25, 0.3) is 0 Å². The van der Waals surface area contributed by atoms with Crippen molar-refractivity contribution >= 4 is 29.3 Å². The number of hydrogen-bond donors (Lipinski definition) is 3. The molecule has 0 fully saturated rings. The second-order valence-corrected chi connectivity index (χ2v) is 12.2. The largest absolute Gasteiger partial charge is 0.379 e. The summed E-state index contributed by atoms with van der Waals surface area (Å²) in [5, 5.41) is 5.53. The van der Waals surface area contributed by atoms with Crippen molar-refractivity contribution < 1.29 is 38.1 Å². The van der Waals surface area contributed by atoms with Gasteiger partial charge in [-0.05, 0) is 42.5 Å². The molecule has 0 aliphatic carbocycles. The fraction of sp³-hybridized carbons (Fsp3) is 0.526. The number of unbranched alkanes of at least 4 members (excludes halogenated alkanes) is 2. The third kappa shape index (κ3) is 15.1. The number of carbonyl (C=O) groups is 4. The molecule has 12 nitrogen and oxygen atoms in total. The molecule has 50 heavy (non-hydrogen) atoms. The van der Waals surface area contributed by atoms with Crippen molar-refractivity contribution in [2.75, 3.05) is 64.3 Å². The SMILES string of the molecule is CC(C)[C@H](NC(=O)CCOCCOCCOCCOCCC(=O)NCCCCCC(=O)N1Cc2ccccc2C#Cc2ccccc21)C(N)=O. The highest BCUT2D eigenvalue weighted by molar-refractivity contribution is 5.95. The summed E-state index contributed by atoms with van der Waals surface area (Å²) in [7, 11) is 0. The van der Waals surface area contributed by atoms with E-state index in [9.17, 15) is 19.2 Å². The van der Waals surface area contributed by atoms with Gasteiger partial charge in [-0.2, -0.15) is 0 Å². The maximum atomic E-state index is 13.3. The summed E-state index contributed by atoms with van der Waals surface area (Å²) >= 11 is 0. The van der Waals surface area contributed by atoms with Crippen LogP contribution in [0.2, 0.25) is 0 Å². The number of ether oxygens (including phenoxy) is 4. The first kappa shape index (κ1) is 40.2. The van der Waals surface area contributed by atoms with Crippen LogP contribution < -0.4 is 21.3 Å². The van der Waals surface area contributed by atoms with Crippen LogP contribution in [0.5, 0.6) is 0 Å². The van der Waals surface area contributed by atoms with Crippen LogP contribution in [0.1, 0.15) is 69.1 Å². The quantitative estimate of drug-likeness (QED) is 0.112. The number of benzene rings is 2. The molecular weight excluding hydrogens is 640 g/mol. The van der Waals surface area contributed by atoms with Crippen LogP contribution in [0.15, 0.2) is 48.5 Å². The molecule has 0 aromatic heterocycles. The third-order valence-electron chi connectivity index (χ3n) is 7.92. The minimum absolute atomic E-state index is 0.0681. The summed E-state index contributed by atoms with van der Waals surface area (Å²) < 4.78 is 21.8. The molecule has 1 heterocycles. The zero-order valence-corrected chi connectivity index (χ0v) is 29.4. The molecule has 12 heteroatoms. The van der Waals surface area contributed by atoms with E-state index in [4.69, 9.17) is 24.7 Å². The molecule has 2 aromatic rings. The predicted octanol–water partition coefficient (Wildman–Crippen LogP) is 3.08. The Balaban J connectivity index is 1.12. The Labute approximate surface area is 295 Å². The van der Waals surface area contributed by atoms with Gasteiger partial charge in [0.25, 0.3) is 0 Å². The highest BCUT2D eigenvalue weighted by Gasteiger charge is 2.22. The number of carbonyl (C=O) groups excluding carboxylic acids is 4.